The molecule has 2 atom stereocenters. The van der Waals surface area contributed by atoms with Crippen molar-refractivity contribution in [1.82, 2.24) is 14.7 Å². The van der Waals surface area contributed by atoms with Crippen molar-refractivity contribution in [3.63, 3.8) is 0 Å². The number of hydrogen-bond acceptors (Lipinski definition) is 3. The fourth-order valence-electron chi connectivity index (χ4n) is 2.93. The van der Waals surface area contributed by atoms with Crippen molar-refractivity contribution >= 4 is 21.8 Å². The van der Waals surface area contributed by atoms with Gasteiger partial charge in [-0.1, -0.05) is 15.9 Å². The Labute approximate surface area is 138 Å². The van der Waals surface area contributed by atoms with Crippen molar-refractivity contribution in [1.29, 1.82) is 0 Å². The number of nitrogens with zero attached hydrogens (tertiary/aromatic N) is 3. The van der Waals surface area contributed by atoms with Crippen LogP contribution in [-0.4, -0.2) is 39.7 Å². The van der Waals surface area contributed by atoms with Crippen molar-refractivity contribution in [2.24, 2.45) is 11.7 Å². The quantitative estimate of drug-likeness (QED) is 0.911. The molecule has 1 aliphatic rings. The van der Waals surface area contributed by atoms with Crippen LogP contribution in [0, 0.1) is 5.92 Å². The molecule has 2 aromatic rings. The number of halogens is 1. The summed E-state index contributed by atoms with van der Waals surface area (Å²) in [5, 5.41) is 4.30. The van der Waals surface area contributed by atoms with Gasteiger partial charge in [-0.25, -0.2) is 4.68 Å². The molecule has 1 amide bonds. The highest BCUT2D eigenvalue weighted by molar-refractivity contribution is 9.10. The highest BCUT2D eigenvalue weighted by Gasteiger charge is 2.32. The minimum atomic E-state index is 0.0341. The fraction of sp³-hybridized carbons (Fsp3) is 0.375. The molecule has 3 rings (SSSR count). The number of benzene rings is 1. The van der Waals surface area contributed by atoms with E-state index in [9.17, 15) is 4.79 Å². The van der Waals surface area contributed by atoms with Crippen LogP contribution in [-0.2, 0) is 0 Å². The Morgan fingerprint density at radius 3 is 2.77 bits per heavy atom. The third-order valence-electron chi connectivity index (χ3n) is 4.18. The maximum atomic E-state index is 12.6. The first-order valence-electron chi connectivity index (χ1n) is 7.40. The summed E-state index contributed by atoms with van der Waals surface area (Å²) in [5.74, 6) is 0.437. The van der Waals surface area contributed by atoms with Gasteiger partial charge < -0.3 is 10.6 Å². The molecule has 22 heavy (non-hydrogen) atoms. The molecule has 1 saturated heterocycles. The average Bonchev–Trinajstić information content (AvgIpc) is 3.14. The molecule has 6 heteroatoms. The zero-order valence-electron chi connectivity index (χ0n) is 12.4. The van der Waals surface area contributed by atoms with Crippen LogP contribution in [0.2, 0.25) is 0 Å². The molecule has 0 radical (unpaired) electrons. The number of carbonyl (C=O) groups excluding carboxylic acids is 1. The molecule has 2 N–H and O–H groups in total. The molecule has 1 aromatic heterocycles. The van der Waals surface area contributed by atoms with E-state index in [0.29, 0.717) is 18.0 Å². The largest absolute Gasteiger partial charge is 0.336 e. The molecule has 1 fully saturated rings. The molecule has 116 valence electrons. The first-order chi connectivity index (χ1) is 10.6. The molecule has 0 saturated carbocycles. The topological polar surface area (TPSA) is 64.2 Å². The second kappa shape index (κ2) is 6.22. The molecule has 1 aliphatic heterocycles. The van der Waals surface area contributed by atoms with Crippen LogP contribution in [0.15, 0.2) is 41.1 Å². The number of aromatic nitrogens is 2. The zero-order valence-corrected chi connectivity index (χ0v) is 14.0. The lowest BCUT2D eigenvalue weighted by molar-refractivity contribution is 0.0743. The van der Waals surface area contributed by atoms with Crippen molar-refractivity contribution in [2.45, 2.75) is 19.4 Å². The third-order valence-corrected chi connectivity index (χ3v) is 4.70. The number of likely N-dealkylation sites (tertiary alicyclic amines) is 1. The Morgan fingerprint density at radius 2 is 2.14 bits per heavy atom. The van der Waals surface area contributed by atoms with Crippen molar-refractivity contribution < 1.29 is 4.79 Å². The number of carbonyl (C=O) groups is 1. The second-order valence-corrected chi connectivity index (χ2v) is 6.71. The smallest absolute Gasteiger partial charge is 0.257 e. The maximum Gasteiger partial charge on any atom is 0.257 e. The van der Waals surface area contributed by atoms with Gasteiger partial charge in [0.05, 0.1) is 17.4 Å². The normalized spacial score (nSPS) is 21.3. The molecule has 0 aliphatic carbocycles. The fourth-order valence-corrected chi connectivity index (χ4v) is 3.19. The van der Waals surface area contributed by atoms with Gasteiger partial charge in [-0.3, -0.25) is 4.79 Å². The summed E-state index contributed by atoms with van der Waals surface area (Å²) in [7, 11) is 0. The number of amides is 1. The minimum Gasteiger partial charge on any atom is -0.336 e. The van der Waals surface area contributed by atoms with Crippen molar-refractivity contribution in [3.8, 4) is 5.69 Å². The van der Waals surface area contributed by atoms with Crippen LogP contribution in [0.4, 0.5) is 0 Å². The van der Waals surface area contributed by atoms with E-state index < -0.39 is 0 Å². The molecular formula is C16H19BrN4O. The van der Waals surface area contributed by atoms with Gasteiger partial charge in [-0.15, -0.1) is 0 Å². The highest BCUT2D eigenvalue weighted by atomic mass is 79.9. The van der Waals surface area contributed by atoms with Gasteiger partial charge in [0, 0.05) is 23.3 Å². The summed E-state index contributed by atoms with van der Waals surface area (Å²) < 4.78 is 2.74. The first-order valence-corrected chi connectivity index (χ1v) is 8.19. The van der Waals surface area contributed by atoms with E-state index in [2.05, 4.69) is 28.0 Å². The van der Waals surface area contributed by atoms with E-state index in [0.717, 1.165) is 23.1 Å². The molecule has 2 unspecified atom stereocenters. The molecule has 0 spiro atoms. The predicted octanol–water partition coefficient (Wildman–Crippen LogP) is 2.44. The zero-order chi connectivity index (χ0) is 15.7. The molecular weight excluding hydrogens is 344 g/mol. The SMILES string of the molecule is CC1CC(CN)CN1C(=O)c1cnn(-c2ccc(Br)cc2)c1. The molecule has 5 nitrogen and oxygen atoms in total. The highest BCUT2D eigenvalue weighted by Crippen LogP contribution is 2.24. The Bertz CT molecular complexity index is 667. The van der Waals surface area contributed by atoms with Crippen LogP contribution in [0.5, 0.6) is 0 Å². The molecule has 2 heterocycles. The lowest BCUT2D eigenvalue weighted by Crippen LogP contribution is -2.34. The van der Waals surface area contributed by atoms with Gasteiger partial charge in [0.25, 0.3) is 5.91 Å². The Kier molecular flexibility index (Phi) is 4.31. The number of hydrogen-bond donors (Lipinski definition) is 1. The summed E-state index contributed by atoms with van der Waals surface area (Å²) in [6, 6.07) is 8.04. The predicted molar refractivity (Wildman–Crippen MR) is 88.9 cm³/mol. The third kappa shape index (κ3) is 2.94. The summed E-state index contributed by atoms with van der Waals surface area (Å²) in [4.78, 5) is 14.5. The van der Waals surface area contributed by atoms with Crippen LogP contribution in [0.25, 0.3) is 5.69 Å². The van der Waals surface area contributed by atoms with E-state index in [1.54, 1.807) is 17.1 Å². The lowest BCUT2D eigenvalue weighted by atomic mass is 10.1. The van der Waals surface area contributed by atoms with Gasteiger partial charge in [-0.05, 0) is 50.1 Å². The standard InChI is InChI=1S/C16H19BrN4O/c1-11-6-12(7-18)9-20(11)16(22)13-8-19-21(10-13)15-4-2-14(17)3-5-15/h2-5,8,10-12H,6-7,9,18H2,1H3. The monoisotopic (exact) mass is 362 g/mol. The number of rotatable bonds is 3. The van der Waals surface area contributed by atoms with E-state index in [-0.39, 0.29) is 11.9 Å². The summed E-state index contributed by atoms with van der Waals surface area (Å²) >= 11 is 3.41. The Hall–Kier alpha value is -1.66. The van der Waals surface area contributed by atoms with E-state index in [4.69, 9.17) is 5.73 Å². The van der Waals surface area contributed by atoms with E-state index in [1.165, 1.54) is 0 Å². The summed E-state index contributed by atoms with van der Waals surface area (Å²) in [6.45, 7) is 3.44. The Balaban J connectivity index is 1.79. The number of nitrogens with two attached hydrogens (primary N) is 1. The summed E-state index contributed by atoms with van der Waals surface area (Å²) in [5.41, 5.74) is 7.28. The van der Waals surface area contributed by atoms with Gasteiger partial charge in [0.15, 0.2) is 0 Å². The van der Waals surface area contributed by atoms with E-state index in [1.807, 2.05) is 29.2 Å². The summed E-state index contributed by atoms with van der Waals surface area (Å²) in [6.07, 6.45) is 4.39. The van der Waals surface area contributed by atoms with E-state index >= 15 is 0 Å². The molecule has 0 bridgehead atoms. The van der Waals surface area contributed by atoms with Crippen molar-refractivity contribution in [3.05, 3.63) is 46.7 Å². The molecule has 1 aromatic carbocycles. The van der Waals surface area contributed by atoms with Crippen LogP contribution < -0.4 is 5.73 Å². The van der Waals surface area contributed by atoms with Gasteiger partial charge in [0.1, 0.15) is 0 Å². The van der Waals surface area contributed by atoms with Crippen molar-refractivity contribution in [2.75, 3.05) is 13.1 Å². The van der Waals surface area contributed by atoms with Gasteiger partial charge >= 0.3 is 0 Å². The minimum absolute atomic E-state index is 0.0341. The average molecular weight is 363 g/mol. The van der Waals surface area contributed by atoms with Gasteiger partial charge in [-0.2, -0.15) is 5.10 Å². The lowest BCUT2D eigenvalue weighted by Gasteiger charge is -2.20. The van der Waals surface area contributed by atoms with Gasteiger partial charge in [0.2, 0.25) is 0 Å². The first kappa shape index (κ1) is 15.2. The Morgan fingerprint density at radius 1 is 1.41 bits per heavy atom. The van der Waals surface area contributed by atoms with Crippen LogP contribution in [0.1, 0.15) is 23.7 Å². The second-order valence-electron chi connectivity index (χ2n) is 5.79. The van der Waals surface area contributed by atoms with Crippen LogP contribution in [0.3, 0.4) is 0 Å². The van der Waals surface area contributed by atoms with Crippen LogP contribution >= 0.6 is 15.9 Å². The maximum absolute atomic E-state index is 12.6.